The topological polar surface area (TPSA) is 69.6 Å². The number of nitrogens with zero attached hydrogens (tertiary/aromatic N) is 4. The van der Waals surface area contributed by atoms with Crippen LogP contribution < -0.4 is 5.73 Å². The zero-order chi connectivity index (χ0) is 13.8. The Kier molecular flexibility index (Phi) is 4.63. The number of imidazole rings is 1. The summed E-state index contributed by atoms with van der Waals surface area (Å²) in [6.07, 6.45) is 4.40. The number of rotatable bonds is 6. The summed E-state index contributed by atoms with van der Waals surface area (Å²) in [6, 6.07) is 0. The number of aromatic nitrogens is 4. The van der Waals surface area contributed by atoms with Gasteiger partial charge in [-0.05, 0) is 18.1 Å². The fraction of sp³-hybridized carbons (Fsp3) is 0.615. The van der Waals surface area contributed by atoms with E-state index in [2.05, 4.69) is 35.7 Å². The lowest BCUT2D eigenvalue weighted by Crippen LogP contribution is -2.07. The highest BCUT2D eigenvalue weighted by molar-refractivity contribution is 7.99. The number of thioether (sulfide) groups is 1. The Morgan fingerprint density at radius 1 is 1.26 bits per heavy atom. The van der Waals surface area contributed by atoms with Gasteiger partial charge in [-0.25, -0.2) is 15.0 Å². The van der Waals surface area contributed by atoms with Gasteiger partial charge in [0.1, 0.15) is 11.8 Å². The predicted octanol–water partition coefficient (Wildman–Crippen LogP) is 2.58. The molecule has 2 rings (SSSR count). The average Bonchev–Trinajstić information content (AvgIpc) is 2.79. The molecule has 0 saturated heterocycles. The first-order valence-electron chi connectivity index (χ1n) is 6.62. The van der Waals surface area contributed by atoms with Crippen molar-refractivity contribution in [1.29, 1.82) is 0 Å². The van der Waals surface area contributed by atoms with Gasteiger partial charge in [-0.2, -0.15) is 11.8 Å². The highest BCUT2D eigenvalue weighted by Gasteiger charge is 2.09. The number of anilines is 1. The monoisotopic (exact) mass is 279 g/mol. The van der Waals surface area contributed by atoms with Gasteiger partial charge in [0.25, 0.3) is 0 Å². The van der Waals surface area contributed by atoms with Crippen LogP contribution in [0.3, 0.4) is 0 Å². The second-order valence-electron chi connectivity index (χ2n) is 5.04. The summed E-state index contributed by atoms with van der Waals surface area (Å²) in [4.78, 5) is 12.5. The molecule has 0 aliphatic rings. The molecule has 0 saturated carbocycles. The number of hydrogen-bond acceptors (Lipinski definition) is 5. The van der Waals surface area contributed by atoms with Gasteiger partial charge in [0, 0.05) is 11.8 Å². The molecule has 19 heavy (non-hydrogen) atoms. The van der Waals surface area contributed by atoms with Gasteiger partial charge in [0.05, 0.1) is 6.33 Å². The highest BCUT2D eigenvalue weighted by Crippen LogP contribution is 2.20. The van der Waals surface area contributed by atoms with E-state index in [9.17, 15) is 0 Å². The molecule has 0 aliphatic carbocycles. The smallest absolute Gasteiger partial charge is 0.165 e. The van der Waals surface area contributed by atoms with E-state index < -0.39 is 0 Å². The van der Waals surface area contributed by atoms with Crippen LogP contribution in [-0.4, -0.2) is 30.5 Å². The third-order valence-corrected chi connectivity index (χ3v) is 4.89. The molecule has 104 valence electrons. The Morgan fingerprint density at radius 3 is 2.79 bits per heavy atom. The van der Waals surface area contributed by atoms with Gasteiger partial charge in [-0.3, -0.25) is 0 Å². The van der Waals surface area contributed by atoms with E-state index in [1.54, 1.807) is 6.33 Å². The molecule has 0 bridgehead atoms. The van der Waals surface area contributed by atoms with Crippen molar-refractivity contribution in [2.75, 3.05) is 11.5 Å². The van der Waals surface area contributed by atoms with Crippen molar-refractivity contribution in [3.05, 3.63) is 12.7 Å². The van der Waals surface area contributed by atoms with Crippen LogP contribution in [-0.2, 0) is 6.54 Å². The summed E-state index contributed by atoms with van der Waals surface area (Å²) in [6.45, 7) is 7.74. The number of fused-ring (bicyclic) bond motifs is 1. The van der Waals surface area contributed by atoms with E-state index in [0.717, 1.165) is 30.3 Å². The molecule has 1 unspecified atom stereocenters. The second-order valence-corrected chi connectivity index (χ2v) is 6.53. The van der Waals surface area contributed by atoms with E-state index >= 15 is 0 Å². The minimum atomic E-state index is 0.451. The maximum atomic E-state index is 5.77. The minimum Gasteiger partial charge on any atom is -0.382 e. The average molecular weight is 279 g/mol. The summed E-state index contributed by atoms with van der Waals surface area (Å²) in [5.41, 5.74) is 7.29. The molecule has 1 atom stereocenters. The lowest BCUT2D eigenvalue weighted by Gasteiger charge is -2.14. The molecule has 0 aromatic carbocycles. The standard InChI is InChI=1S/C13H21N5S/c1-9(2)10(3)19-6-4-5-18-8-17-11-12(14)15-7-16-13(11)18/h7-10H,4-6H2,1-3H3,(H2,14,15,16). The van der Waals surface area contributed by atoms with Crippen LogP contribution in [0.15, 0.2) is 12.7 Å². The summed E-state index contributed by atoms with van der Waals surface area (Å²) in [7, 11) is 0. The van der Waals surface area contributed by atoms with Crippen molar-refractivity contribution >= 4 is 28.7 Å². The van der Waals surface area contributed by atoms with Gasteiger partial charge >= 0.3 is 0 Å². The van der Waals surface area contributed by atoms with Crippen LogP contribution in [0.25, 0.3) is 11.2 Å². The van der Waals surface area contributed by atoms with E-state index in [1.807, 2.05) is 16.3 Å². The Hall–Kier alpha value is -1.30. The Morgan fingerprint density at radius 2 is 2.05 bits per heavy atom. The van der Waals surface area contributed by atoms with Gasteiger partial charge in [-0.1, -0.05) is 20.8 Å². The molecule has 5 nitrogen and oxygen atoms in total. The second kappa shape index (κ2) is 6.23. The van der Waals surface area contributed by atoms with Gasteiger partial charge < -0.3 is 10.3 Å². The molecule has 0 fully saturated rings. The SMILES string of the molecule is CC(C)C(C)SCCCn1cnc2c(N)ncnc21. The van der Waals surface area contributed by atoms with Gasteiger partial charge in [-0.15, -0.1) is 0 Å². The largest absolute Gasteiger partial charge is 0.382 e. The maximum absolute atomic E-state index is 5.77. The van der Waals surface area contributed by atoms with E-state index in [1.165, 1.54) is 6.33 Å². The van der Waals surface area contributed by atoms with Crippen LogP contribution >= 0.6 is 11.8 Å². The van der Waals surface area contributed by atoms with Crippen molar-refractivity contribution in [1.82, 2.24) is 19.5 Å². The molecule has 2 N–H and O–H groups in total. The summed E-state index contributed by atoms with van der Waals surface area (Å²) in [5, 5.41) is 0.706. The van der Waals surface area contributed by atoms with Crippen molar-refractivity contribution in [2.45, 2.75) is 39.0 Å². The van der Waals surface area contributed by atoms with Crippen LogP contribution in [0.5, 0.6) is 0 Å². The predicted molar refractivity (Wildman–Crippen MR) is 81.1 cm³/mol. The molecule has 0 radical (unpaired) electrons. The van der Waals surface area contributed by atoms with Crippen LogP contribution in [0.4, 0.5) is 5.82 Å². The van der Waals surface area contributed by atoms with Gasteiger partial charge in [0.15, 0.2) is 11.5 Å². The van der Waals surface area contributed by atoms with Crippen molar-refractivity contribution in [3.63, 3.8) is 0 Å². The zero-order valence-electron chi connectivity index (χ0n) is 11.7. The molecule has 0 amide bonds. The van der Waals surface area contributed by atoms with Crippen LogP contribution in [0.2, 0.25) is 0 Å². The molecule has 6 heteroatoms. The zero-order valence-corrected chi connectivity index (χ0v) is 12.5. The Bertz CT molecular complexity index is 537. The Labute approximate surface area is 118 Å². The third-order valence-electron chi connectivity index (χ3n) is 3.29. The van der Waals surface area contributed by atoms with Crippen molar-refractivity contribution in [2.24, 2.45) is 5.92 Å². The molecular formula is C13H21N5S. The third kappa shape index (κ3) is 3.37. The summed E-state index contributed by atoms with van der Waals surface area (Å²) in [5.74, 6) is 2.33. The molecule has 2 aromatic heterocycles. The first kappa shape index (κ1) is 14.1. The first-order chi connectivity index (χ1) is 9.09. The van der Waals surface area contributed by atoms with Crippen LogP contribution in [0.1, 0.15) is 27.2 Å². The van der Waals surface area contributed by atoms with E-state index in [0.29, 0.717) is 16.6 Å². The van der Waals surface area contributed by atoms with Crippen molar-refractivity contribution < 1.29 is 0 Å². The fourth-order valence-corrected chi connectivity index (χ4v) is 2.81. The molecular weight excluding hydrogens is 258 g/mol. The van der Waals surface area contributed by atoms with Crippen molar-refractivity contribution in [3.8, 4) is 0 Å². The lowest BCUT2D eigenvalue weighted by atomic mass is 10.2. The quantitative estimate of drug-likeness (QED) is 0.823. The minimum absolute atomic E-state index is 0.451. The maximum Gasteiger partial charge on any atom is 0.165 e. The Balaban J connectivity index is 1.90. The number of nitrogen functional groups attached to an aromatic ring is 1. The van der Waals surface area contributed by atoms with E-state index in [-0.39, 0.29) is 0 Å². The number of aryl methyl sites for hydroxylation is 1. The molecule has 2 heterocycles. The molecule has 2 aromatic rings. The van der Waals surface area contributed by atoms with E-state index in [4.69, 9.17) is 5.73 Å². The lowest BCUT2D eigenvalue weighted by molar-refractivity contribution is 0.638. The summed E-state index contributed by atoms with van der Waals surface area (Å²) < 4.78 is 2.05. The van der Waals surface area contributed by atoms with Gasteiger partial charge in [0.2, 0.25) is 0 Å². The number of nitrogens with two attached hydrogens (primary N) is 1. The van der Waals surface area contributed by atoms with Crippen LogP contribution in [0, 0.1) is 5.92 Å². The normalized spacial score (nSPS) is 13.3. The fourth-order valence-electron chi connectivity index (χ4n) is 1.76. The summed E-state index contributed by atoms with van der Waals surface area (Å²) >= 11 is 2.02. The first-order valence-corrected chi connectivity index (χ1v) is 7.67. The highest BCUT2D eigenvalue weighted by atomic mass is 32.2. The molecule has 0 spiro atoms. The molecule has 0 aliphatic heterocycles. The number of hydrogen-bond donors (Lipinski definition) is 1.